The molecule has 0 bridgehead atoms. The average molecular weight is 206 g/mol. The van der Waals surface area contributed by atoms with Gasteiger partial charge in [0, 0.05) is 0 Å². The molecule has 0 amide bonds. The molecular weight excluding hydrogens is 195 g/mol. The van der Waals surface area contributed by atoms with Crippen LogP contribution in [0.15, 0.2) is 30.6 Å². The molecule has 0 spiro atoms. The Hall–Kier alpha value is -2.04. The van der Waals surface area contributed by atoms with E-state index in [2.05, 4.69) is 4.98 Å². The molecule has 0 fully saturated rings. The minimum absolute atomic E-state index is 0.253. The molecule has 0 unspecified atom stereocenters. The lowest BCUT2D eigenvalue weighted by molar-refractivity contribution is 0.626. The number of anilines is 2. The standard InChI is InChI=1S/C10H11FN4/c11-8-3-1-7(2-4-8)5-15-6-14-9(12)10(15)13/h1-4,6H,5,12-13H2. The van der Waals surface area contributed by atoms with Crippen LogP contribution in [0.3, 0.4) is 0 Å². The van der Waals surface area contributed by atoms with Gasteiger partial charge in [0.25, 0.3) is 0 Å². The molecule has 78 valence electrons. The summed E-state index contributed by atoms with van der Waals surface area (Å²) >= 11 is 0. The number of rotatable bonds is 2. The van der Waals surface area contributed by atoms with Crippen molar-refractivity contribution >= 4 is 11.6 Å². The Labute approximate surface area is 86.3 Å². The first-order valence-electron chi connectivity index (χ1n) is 4.47. The summed E-state index contributed by atoms with van der Waals surface area (Å²) in [5.74, 6) is 0.494. The zero-order chi connectivity index (χ0) is 10.8. The normalized spacial score (nSPS) is 10.5. The van der Waals surface area contributed by atoms with Gasteiger partial charge in [0.2, 0.25) is 0 Å². The Morgan fingerprint density at radius 1 is 1.20 bits per heavy atom. The zero-order valence-corrected chi connectivity index (χ0v) is 8.02. The van der Waals surface area contributed by atoms with E-state index in [-0.39, 0.29) is 5.82 Å². The third-order valence-electron chi connectivity index (χ3n) is 2.17. The summed E-state index contributed by atoms with van der Waals surface area (Å²) in [6, 6.07) is 6.22. The lowest BCUT2D eigenvalue weighted by Crippen LogP contribution is -2.04. The van der Waals surface area contributed by atoms with Crippen LogP contribution >= 0.6 is 0 Å². The predicted molar refractivity (Wildman–Crippen MR) is 56.6 cm³/mol. The Balaban J connectivity index is 2.22. The van der Waals surface area contributed by atoms with E-state index in [0.29, 0.717) is 18.2 Å². The van der Waals surface area contributed by atoms with Gasteiger partial charge in [-0.2, -0.15) is 0 Å². The summed E-state index contributed by atoms with van der Waals surface area (Å²) in [5.41, 5.74) is 12.1. The highest BCUT2D eigenvalue weighted by molar-refractivity contribution is 5.53. The molecule has 0 atom stereocenters. The fraction of sp³-hybridized carbons (Fsp3) is 0.100. The number of hydrogen-bond acceptors (Lipinski definition) is 3. The zero-order valence-electron chi connectivity index (χ0n) is 8.02. The van der Waals surface area contributed by atoms with E-state index in [9.17, 15) is 4.39 Å². The van der Waals surface area contributed by atoms with E-state index < -0.39 is 0 Å². The van der Waals surface area contributed by atoms with Crippen molar-refractivity contribution in [3.8, 4) is 0 Å². The SMILES string of the molecule is Nc1ncn(Cc2ccc(F)cc2)c1N. The molecule has 15 heavy (non-hydrogen) atoms. The van der Waals surface area contributed by atoms with Crippen molar-refractivity contribution in [3.05, 3.63) is 42.0 Å². The maximum Gasteiger partial charge on any atom is 0.166 e. The summed E-state index contributed by atoms with van der Waals surface area (Å²) in [6.45, 7) is 0.538. The van der Waals surface area contributed by atoms with Crippen molar-refractivity contribution in [2.45, 2.75) is 6.54 Å². The van der Waals surface area contributed by atoms with E-state index >= 15 is 0 Å². The monoisotopic (exact) mass is 206 g/mol. The van der Waals surface area contributed by atoms with Gasteiger partial charge in [-0.3, -0.25) is 0 Å². The molecule has 1 aromatic heterocycles. The highest BCUT2D eigenvalue weighted by Gasteiger charge is 2.03. The van der Waals surface area contributed by atoms with Crippen molar-refractivity contribution in [1.82, 2.24) is 9.55 Å². The highest BCUT2D eigenvalue weighted by Crippen LogP contribution is 2.14. The molecule has 5 heteroatoms. The molecule has 0 saturated carbocycles. The highest BCUT2D eigenvalue weighted by atomic mass is 19.1. The molecule has 1 heterocycles. The number of nitrogens with zero attached hydrogens (tertiary/aromatic N) is 2. The van der Waals surface area contributed by atoms with Crippen LogP contribution in [0.4, 0.5) is 16.0 Å². The molecule has 0 aliphatic carbocycles. The first-order chi connectivity index (χ1) is 7.16. The minimum atomic E-state index is -0.253. The molecule has 2 rings (SSSR count). The number of hydrogen-bond donors (Lipinski definition) is 2. The van der Waals surface area contributed by atoms with E-state index in [1.54, 1.807) is 23.0 Å². The van der Waals surface area contributed by atoms with Crippen LogP contribution in [-0.2, 0) is 6.54 Å². The first-order valence-corrected chi connectivity index (χ1v) is 4.47. The van der Waals surface area contributed by atoms with Crippen LogP contribution < -0.4 is 11.5 Å². The summed E-state index contributed by atoms with van der Waals surface area (Å²) in [6.07, 6.45) is 1.56. The maximum atomic E-state index is 12.6. The third-order valence-corrected chi connectivity index (χ3v) is 2.17. The lowest BCUT2D eigenvalue weighted by Gasteiger charge is -2.04. The van der Waals surface area contributed by atoms with Gasteiger partial charge in [0.05, 0.1) is 12.9 Å². The van der Waals surface area contributed by atoms with Gasteiger partial charge in [-0.25, -0.2) is 9.37 Å². The second-order valence-corrected chi connectivity index (χ2v) is 3.27. The van der Waals surface area contributed by atoms with Gasteiger partial charge in [-0.1, -0.05) is 12.1 Å². The van der Waals surface area contributed by atoms with Gasteiger partial charge in [0.1, 0.15) is 11.6 Å². The molecule has 0 aliphatic rings. The van der Waals surface area contributed by atoms with Gasteiger partial charge in [-0.15, -0.1) is 0 Å². The van der Waals surface area contributed by atoms with E-state index in [1.165, 1.54) is 12.1 Å². The van der Waals surface area contributed by atoms with Crippen LogP contribution in [0.2, 0.25) is 0 Å². The van der Waals surface area contributed by atoms with Crippen molar-refractivity contribution in [2.24, 2.45) is 0 Å². The molecule has 0 saturated heterocycles. The first kappa shape index (κ1) is 9.51. The van der Waals surface area contributed by atoms with Crippen molar-refractivity contribution in [3.63, 3.8) is 0 Å². The summed E-state index contributed by atoms with van der Waals surface area (Å²) in [4.78, 5) is 3.87. The van der Waals surface area contributed by atoms with Gasteiger partial charge in [0.15, 0.2) is 5.82 Å². The number of halogens is 1. The molecule has 4 N–H and O–H groups in total. The number of benzene rings is 1. The Bertz CT molecular complexity index is 461. The molecule has 0 aliphatic heterocycles. The summed E-state index contributed by atoms with van der Waals surface area (Å²) in [5, 5.41) is 0. The van der Waals surface area contributed by atoms with E-state index in [1.807, 2.05) is 0 Å². The maximum absolute atomic E-state index is 12.6. The smallest absolute Gasteiger partial charge is 0.166 e. The number of nitrogen functional groups attached to an aromatic ring is 2. The number of nitrogens with two attached hydrogens (primary N) is 2. The van der Waals surface area contributed by atoms with Crippen LogP contribution in [0.1, 0.15) is 5.56 Å². The molecule has 2 aromatic rings. The number of aromatic nitrogens is 2. The third kappa shape index (κ3) is 1.90. The van der Waals surface area contributed by atoms with Gasteiger partial charge >= 0.3 is 0 Å². The van der Waals surface area contributed by atoms with E-state index in [4.69, 9.17) is 11.5 Å². The summed E-state index contributed by atoms with van der Waals surface area (Å²) in [7, 11) is 0. The van der Waals surface area contributed by atoms with Crippen LogP contribution in [0.25, 0.3) is 0 Å². The molecule has 0 radical (unpaired) electrons. The van der Waals surface area contributed by atoms with Crippen molar-refractivity contribution in [2.75, 3.05) is 11.5 Å². The second kappa shape index (κ2) is 3.61. The largest absolute Gasteiger partial charge is 0.382 e. The van der Waals surface area contributed by atoms with Gasteiger partial charge in [-0.05, 0) is 17.7 Å². The predicted octanol–water partition coefficient (Wildman–Crippen LogP) is 1.23. The van der Waals surface area contributed by atoms with Gasteiger partial charge < -0.3 is 16.0 Å². The van der Waals surface area contributed by atoms with E-state index in [0.717, 1.165) is 5.56 Å². The fourth-order valence-corrected chi connectivity index (χ4v) is 1.32. The molecular formula is C10H11FN4. The summed E-state index contributed by atoms with van der Waals surface area (Å²) < 4.78 is 14.4. The van der Waals surface area contributed by atoms with Crippen LogP contribution in [-0.4, -0.2) is 9.55 Å². The van der Waals surface area contributed by atoms with Crippen molar-refractivity contribution in [1.29, 1.82) is 0 Å². The van der Waals surface area contributed by atoms with Crippen LogP contribution in [0, 0.1) is 5.82 Å². The Morgan fingerprint density at radius 2 is 1.87 bits per heavy atom. The molecule has 1 aromatic carbocycles. The average Bonchev–Trinajstić information content (AvgIpc) is 2.53. The second-order valence-electron chi connectivity index (χ2n) is 3.27. The quantitative estimate of drug-likeness (QED) is 0.776. The minimum Gasteiger partial charge on any atom is -0.382 e. The lowest BCUT2D eigenvalue weighted by atomic mass is 10.2. The Kier molecular flexibility index (Phi) is 2.29. The van der Waals surface area contributed by atoms with Crippen molar-refractivity contribution < 1.29 is 4.39 Å². The number of imidazole rings is 1. The Morgan fingerprint density at radius 3 is 2.40 bits per heavy atom. The topological polar surface area (TPSA) is 69.9 Å². The fourth-order valence-electron chi connectivity index (χ4n) is 1.32. The van der Waals surface area contributed by atoms with Crippen LogP contribution in [0.5, 0.6) is 0 Å². The molecule has 4 nitrogen and oxygen atoms in total.